The molecule has 0 atom stereocenters. The molecule has 1 amide bonds. The molecular weight excluding hydrogens is 371 g/mol. The minimum Gasteiger partial charge on any atom is -0.361 e. The van der Waals surface area contributed by atoms with Gasteiger partial charge in [-0.15, -0.1) is 0 Å². The Morgan fingerprint density at radius 1 is 1.25 bits per heavy atom. The lowest BCUT2D eigenvalue weighted by atomic mass is 10.1. The van der Waals surface area contributed by atoms with E-state index in [1.54, 1.807) is 6.07 Å². The zero-order valence-electron chi connectivity index (χ0n) is 13.3. The van der Waals surface area contributed by atoms with E-state index in [0.717, 1.165) is 17.5 Å². The summed E-state index contributed by atoms with van der Waals surface area (Å²) in [6, 6.07) is 10.6. The average molecular weight is 389 g/mol. The molecule has 24 heavy (non-hydrogen) atoms. The smallest absolute Gasteiger partial charge is 0.254 e. The van der Waals surface area contributed by atoms with Gasteiger partial charge in [-0.3, -0.25) is 4.79 Å². The maximum absolute atomic E-state index is 13.7. The number of aromatic amines is 1. The summed E-state index contributed by atoms with van der Waals surface area (Å²) in [4.78, 5) is 15.4. The van der Waals surface area contributed by atoms with Crippen LogP contribution in [-0.2, 0) is 12.8 Å². The van der Waals surface area contributed by atoms with Gasteiger partial charge < -0.3 is 10.3 Å². The van der Waals surface area contributed by atoms with Crippen molar-refractivity contribution < 1.29 is 9.18 Å². The van der Waals surface area contributed by atoms with E-state index in [1.165, 1.54) is 23.1 Å². The second-order valence-corrected chi connectivity index (χ2v) is 6.55. The van der Waals surface area contributed by atoms with Crippen molar-refractivity contribution in [2.24, 2.45) is 0 Å². The molecule has 0 aliphatic carbocycles. The SMILES string of the molecule is CCc1cccc2c(CCNC(=O)c3cc(Br)ccc3F)c[nH]c12. The molecule has 0 aliphatic rings. The van der Waals surface area contributed by atoms with Gasteiger partial charge in [-0.2, -0.15) is 0 Å². The molecule has 0 radical (unpaired) electrons. The topological polar surface area (TPSA) is 44.9 Å². The number of carbonyl (C=O) groups is 1. The third-order valence-electron chi connectivity index (χ3n) is 4.12. The summed E-state index contributed by atoms with van der Waals surface area (Å²) in [5.41, 5.74) is 3.63. The molecule has 3 rings (SSSR count). The first-order valence-electron chi connectivity index (χ1n) is 7.91. The highest BCUT2D eigenvalue weighted by Gasteiger charge is 2.12. The highest BCUT2D eigenvalue weighted by Crippen LogP contribution is 2.22. The first-order valence-corrected chi connectivity index (χ1v) is 8.70. The van der Waals surface area contributed by atoms with Crippen LogP contribution < -0.4 is 5.32 Å². The van der Waals surface area contributed by atoms with Gasteiger partial charge in [0.25, 0.3) is 5.91 Å². The molecule has 0 saturated carbocycles. The van der Waals surface area contributed by atoms with Crippen molar-refractivity contribution in [2.45, 2.75) is 19.8 Å². The van der Waals surface area contributed by atoms with E-state index in [2.05, 4.69) is 45.3 Å². The van der Waals surface area contributed by atoms with Gasteiger partial charge in [0, 0.05) is 28.1 Å². The molecule has 1 aromatic heterocycles. The summed E-state index contributed by atoms with van der Waals surface area (Å²) in [7, 11) is 0. The van der Waals surface area contributed by atoms with Crippen LogP contribution in [0.5, 0.6) is 0 Å². The number of carbonyl (C=O) groups excluding carboxylic acids is 1. The van der Waals surface area contributed by atoms with Crippen molar-refractivity contribution in [1.29, 1.82) is 0 Å². The van der Waals surface area contributed by atoms with E-state index in [-0.39, 0.29) is 5.56 Å². The van der Waals surface area contributed by atoms with Crippen LogP contribution in [0.3, 0.4) is 0 Å². The van der Waals surface area contributed by atoms with Gasteiger partial charge >= 0.3 is 0 Å². The number of fused-ring (bicyclic) bond motifs is 1. The second-order valence-electron chi connectivity index (χ2n) is 5.64. The van der Waals surface area contributed by atoms with Crippen LogP contribution in [0.1, 0.15) is 28.4 Å². The monoisotopic (exact) mass is 388 g/mol. The van der Waals surface area contributed by atoms with Crippen molar-refractivity contribution in [3.05, 3.63) is 69.6 Å². The molecule has 0 saturated heterocycles. The van der Waals surface area contributed by atoms with E-state index in [4.69, 9.17) is 0 Å². The number of H-pyrrole nitrogens is 1. The molecule has 2 N–H and O–H groups in total. The lowest BCUT2D eigenvalue weighted by molar-refractivity contribution is 0.0950. The van der Waals surface area contributed by atoms with E-state index < -0.39 is 11.7 Å². The Morgan fingerprint density at radius 2 is 2.08 bits per heavy atom. The van der Waals surface area contributed by atoms with Crippen LogP contribution in [0.15, 0.2) is 47.1 Å². The Morgan fingerprint density at radius 3 is 2.88 bits per heavy atom. The third-order valence-corrected chi connectivity index (χ3v) is 4.61. The normalized spacial score (nSPS) is 11.0. The summed E-state index contributed by atoms with van der Waals surface area (Å²) in [5.74, 6) is -0.918. The third kappa shape index (κ3) is 3.36. The number of hydrogen-bond acceptors (Lipinski definition) is 1. The number of aromatic nitrogens is 1. The molecule has 124 valence electrons. The minimum atomic E-state index is -0.518. The van der Waals surface area contributed by atoms with E-state index in [9.17, 15) is 9.18 Å². The Kier molecular flexibility index (Phi) is 5.00. The standard InChI is InChI=1S/C19H18BrFN2O/c1-2-12-4-3-5-15-13(11-23-18(12)15)8-9-22-19(24)16-10-14(20)6-7-17(16)21/h3-7,10-11,23H,2,8-9H2,1H3,(H,22,24). The number of para-hydroxylation sites is 1. The molecule has 0 unspecified atom stereocenters. The maximum atomic E-state index is 13.7. The molecule has 5 heteroatoms. The highest BCUT2D eigenvalue weighted by molar-refractivity contribution is 9.10. The Hall–Kier alpha value is -2.14. The zero-order chi connectivity index (χ0) is 17.1. The van der Waals surface area contributed by atoms with Crippen molar-refractivity contribution >= 4 is 32.7 Å². The fourth-order valence-corrected chi connectivity index (χ4v) is 3.22. The Balaban J connectivity index is 1.69. The van der Waals surface area contributed by atoms with Gasteiger partial charge in [0.05, 0.1) is 5.56 Å². The molecule has 2 aromatic carbocycles. The van der Waals surface area contributed by atoms with E-state index in [1.807, 2.05) is 12.3 Å². The molecule has 0 bridgehead atoms. The predicted molar refractivity (Wildman–Crippen MR) is 97.8 cm³/mol. The number of halogens is 2. The first kappa shape index (κ1) is 16.7. The van der Waals surface area contributed by atoms with Crippen LogP contribution in [0.25, 0.3) is 10.9 Å². The number of hydrogen-bond donors (Lipinski definition) is 2. The van der Waals surface area contributed by atoms with Crippen molar-refractivity contribution in [3.63, 3.8) is 0 Å². The van der Waals surface area contributed by atoms with Crippen molar-refractivity contribution in [2.75, 3.05) is 6.54 Å². The summed E-state index contributed by atoms with van der Waals surface area (Å²) in [5, 5.41) is 3.96. The molecule has 3 aromatic rings. The summed E-state index contributed by atoms with van der Waals surface area (Å²) < 4.78 is 14.4. The van der Waals surface area contributed by atoms with E-state index in [0.29, 0.717) is 17.4 Å². The van der Waals surface area contributed by atoms with Crippen molar-refractivity contribution in [3.8, 4) is 0 Å². The Labute approximate surface area is 148 Å². The average Bonchev–Trinajstić information content (AvgIpc) is 3.00. The number of benzene rings is 2. The summed E-state index contributed by atoms with van der Waals surface area (Å²) in [6.45, 7) is 2.58. The molecule has 3 nitrogen and oxygen atoms in total. The minimum absolute atomic E-state index is 0.0524. The fraction of sp³-hybridized carbons (Fsp3) is 0.211. The van der Waals surface area contributed by atoms with Gasteiger partial charge in [0.1, 0.15) is 5.82 Å². The largest absolute Gasteiger partial charge is 0.361 e. The quantitative estimate of drug-likeness (QED) is 0.658. The number of rotatable bonds is 5. The second kappa shape index (κ2) is 7.18. The van der Waals surface area contributed by atoms with Crippen molar-refractivity contribution in [1.82, 2.24) is 10.3 Å². The zero-order valence-corrected chi connectivity index (χ0v) is 14.9. The van der Waals surface area contributed by atoms with Gasteiger partial charge in [-0.05, 0) is 42.2 Å². The lowest BCUT2D eigenvalue weighted by Crippen LogP contribution is -2.26. The van der Waals surface area contributed by atoms with Gasteiger partial charge in [0.2, 0.25) is 0 Å². The van der Waals surface area contributed by atoms with Crippen LogP contribution in [0.4, 0.5) is 4.39 Å². The molecule has 0 spiro atoms. The first-order chi connectivity index (χ1) is 11.6. The lowest BCUT2D eigenvalue weighted by Gasteiger charge is -2.06. The van der Waals surface area contributed by atoms with E-state index >= 15 is 0 Å². The van der Waals surface area contributed by atoms with Crippen LogP contribution in [0.2, 0.25) is 0 Å². The Bertz CT molecular complexity index is 888. The fourth-order valence-electron chi connectivity index (χ4n) is 2.85. The molecule has 1 heterocycles. The van der Waals surface area contributed by atoms with Gasteiger partial charge in [-0.1, -0.05) is 41.1 Å². The molecular formula is C19H18BrFN2O. The number of amides is 1. The molecule has 0 aliphatic heterocycles. The number of aryl methyl sites for hydroxylation is 1. The van der Waals surface area contributed by atoms with Crippen LogP contribution in [0, 0.1) is 5.82 Å². The van der Waals surface area contributed by atoms with Gasteiger partial charge in [-0.25, -0.2) is 4.39 Å². The summed E-state index contributed by atoms with van der Waals surface area (Å²) in [6.07, 6.45) is 3.64. The number of nitrogens with one attached hydrogen (secondary N) is 2. The highest BCUT2D eigenvalue weighted by atomic mass is 79.9. The summed E-state index contributed by atoms with van der Waals surface area (Å²) >= 11 is 3.25. The van der Waals surface area contributed by atoms with Crippen LogP contribution in [-0.4, -0.2) is 17.4 Å². The van der Waals surface area contributed by atoms with Gasteiger partial charge in [0.15, 0.2) is 0 Å². The maximum Gasteiger partial charge on any atom is 0.254 e. The van der Waals surface area contributed by atoms with Crippen LogP contribution >= 0.6 is 15.9 Å². The molecule has 0 fully saturated rings. The predicted octanol–water partition coefficient (Wildman–Crippen LogP) is 4.60.